The van der Waals surface area contributed by atoms with Crippen LogP contribution in [0.3, 0.4) is 0 Å². The second-order valence-electron chi connectivity index (χ2n) is 5.96. The van der Waals surface area contributed by atoms with Crippen LogP contribution in [0.1, 0.15) is 24.2 Å². The van der Waals surface area contributed by atoms with Crippen molar-refractivity contribution < 1.29 is 9.53 Å². The van der Waals surface area contributed by atoms with Crippen LogP contribution in [0.25, 0.3) is 10.2 Å². The molecule has 0 aliphatic carbocycles. The van der Waals surface area contributed by atoms with Gasteiger partial charge in [-0.05, 0) is 36.4 Å². The molecule has 3 aromatic rings. The minimum absolute atomic E-state index is 0.0740. The number of benzene rings is 2. The largest absolute Gasteiger partial charge is 0.465 e. The second kappa shape index (κ2) is 8.50. The van der Waals surface area contributed by atoms with Crippen LogP contribution in [-0.2, 0) is 4.74 Å². The Bertz CT molecular complexity index is 960. The van der Waals surface area contributed by atoms with E-state index in [1.807, 2.05) is 38.1 Å². The number of anilines is 1. The number of aromatic nitrogens is 1. The lowest BCUT2D eigenvalue weighted by molar-refractivity contribution is 0.0601. The van der Waals surface area contributed by atoms with E-state index < -0.39 is 0 Å². The molecule has 1 heterocycles. The summed E-state index contributed by atoms with van der Waals surface area (Å²) < 4.78 is 5.77. The number of azo groups is 1. The first-order valence-corrected chi connectivity index (χ1v) is 9.17. The Kier molecular flexibility index (Phi) is 5.87. The topological polar surface area (TPSA) is 88.3 Å². The van der Waals surface area contributed by atoms with Gasteiger partial charge in [0.05, 0.1) is 28.6 Å². The molecule has 2 aromatic carbocycles. The molecule has 138 valence electrons. The molecule has 8 heteroatoms. The molecule has 0 aliphatic heterocycles. The molecule has 1 aromatic heterocycles. The molecular weight excluding hydrogens is 362 g/mol. The first-order valence-electron chi connectivity index (χ1n) is 8.36. The fourth-order valence-electron chi connectivity index (χ4n) is 2.18. The van der Waals surface area contributed by atoms with Gasteiger partial charge in [-0.25, -0.2) is 9.78 Å². The number of hydrogen-bond acceptors (Lipinski definition) is 7. The van der Waals surface area contributed by atoms with Gasteiger partial charge in [-0.3, -0.25) is 5.43 Å². The molecule has 0 amide bonds. The number of esters is 1. The van der Waals surface area contributed by atoms with Crippen molar-refractivity contribution in [2.45, 2.75) is 13.8 Å². The third-order valence-electron chi connectivity index (χ3n) is 3.63. The SMILES string of the molecule is COC(=O)c1ccc(N=NC(=NNc2nc3ccccc3s2)C(C)C)cc1. The number of carbonyl (C=O) groups excluding carboxylic acids is 1. The van der Waals surface area contributed by atoms with Gasteiger partial charge in [0.1, 0.15) is 0 Å². The lowest BCUT2D eigenvalue weighted by Gasteiger charge is -2.03. The number of rotatable bonds is 5. The highest BCUT2D eigenvalue weighted by Crippen LogP contribution is 2.25. The van der Waals surface area contributed by atoms with Crippen molar-refractivity contribution in [1.82, 2.24) is 4.98 Å². The molecule has 0 bridgehead atoms. The predicted molar refractivity (Wildman–Crippen MR) is 108 cm³/mol. The number of thiazole rings is 1. The Hall–Kier alpha value is -3.13. The van der Waals surface area contributed by atoms with E-state index in [2.05, 4.69) is 30.5 Å². The molecule has 27 heavy (non-hydrogen) atoms. The van der Waals surface area contributed by atoms with Gasteiger partial charge >= 0.3 is 5.97 Å². The van der Waals surface area contributed by atoms with Gasteiger partial charge in [0.25, 0.3) is 0 Å². The zero-order valence-corrected chi connectivity index (χ0v) is 16.0. The third kappa shape index (κ3) is 4.73. The number of ether oxygens (including phenoxy) is 1. The molecule has 7 nitrogen and oxygen atoms in total. The van der Waals surface area contributed by atoms with E-state index in [0.29, 0.717) is 22.2 Å². The van der Waals surface area contributed by atoms with Crippen molar-refractivity contribution >= 4 is 44.2 Å². The number of carbonyl (C=O) groups is 1. The van der Waals surface area contributed by atoms with Crippen LogP contribution in [0.15, 0.2) is 63.9 Å². The van der Waals surface area contributed by atoms with Gasteiger partial charge in [-0.2, -0.15) is 5.10 Å². The lowest BCUT2D eigenvalue weighted by Crippen LogP contribution is -2.06. The molecule has 0 aliphatic rings. The quantitative estimate of drug-likeness (QED) is 0.215. The summed E-state index contributed by atoms with van der Waals surface area (Å²) in [6.45, 7) is 3.97. The molecule has 0 fully saturated rings. The van der Waals surface area contributed by atoms with E-state index in [4.69, 9.17) is 0 Å². The Morgan fingerprint density at radius 2 is 1.89 bits per heavy atom. The number of hydrazone groups is 1. The van der Waals surface area contributed by atoms with Crippen LogP contribution in [0.4, 0.5) is 10.8 Å². The monoisotopic (exact) mass is 381 g/mol. The van der Waals surface area contributed by atoms with Crippen molar-refractivity contribution in [3.05, 3.63) is 54.1 Å². The van der Waals surface area contributed by atoms with Crippen LogP contribution < -0.4 is 5.43 Å². The second-order valence-corrected chi connectivity index (χ2v) is 6.99. The highest BCUT2D eigenvalue weighted by atomic mass is 32.1. The van der Waals surface area contributed by atoms with Crippen molar-refractivity contribution in [1.29, 1.82) is 0 Å². The summed E-state index contributed by atoms with van der Waals surface area (Å²) in [5.74, 6) is 0.235. The molecule has 0 spiro atoms. The summed E-state index contributed by atoms with van der Waals surface area (Å²) in [6.07, 6.45) is 0. The molecular formula is C19H19N5O2S. The molecule has 3 rings (SSSR count). The third-order valence-corrected chi connectivity index (χ3v) is 4.57. The summed E-state index contributed by atoms with van der Waals surface area (Å²) in [5.41, 5.74) is 4.98. The fraction of sp³-hybridized carbons (Fsp3) is 0.211. The smallest absolute Gasteiger partial charge is 0.337 e. The van der Waals surface area contributed by atoms with E-state index in [1.165, 1.54) is 18.4 Å². The number of hydrogen-bond donors (Lipinski definition) is 1. The van der Waals surface area contributed by atoms with Gasteiger partial charge in [0.2, 0.25) is 5.13 Å². The van der Waals surface area contributed by atoms with E-state index in [9.17, 15) is 4.79 Å². The summed E-state index contributed by atoms with van der Waals surface area (Å²) in [5, 5.41) is 13.5. The van der Waals surface area contributed by atoms with Crippen molar-refractivity contribution in [3.63, 3.8) is 0 Å². The van der Waals surface area contributed by atoms with Crippen molar-refractivity contribution in [2.75, 3.05) is 12.5 Å². The van der Waals surface area contributed by atoms with Gasteiger partial charge in [-0.15, -0.1) is 10.2 Å². The Labute approximate surface area is 160 Å². The maximum Gasteiger partial charge on any atom is 0.337 e. The lowest BCUT2D eigenvalue weighted by atomic mass is 10.2. The van der Waals surface area contributed by atoms with Crippen LogP contribution in [0, 0.1) is 5.92 Å². The maximum absolute atomic E-state index is 11.5. The zero-order valence-electron chi connectivity index (χ0n) is 15.2. The number of nitrogens with one attached hydrogen (secondary N) is 1. The van der Waals surface area contributed by atoms with E-state index >= 15 is 0 Å². The molecule has 0 radical (unpaired) electrons. The first kappa shape index (κ1) is 18.7. The van der Waals surface area contributed by atoms with Gasteiger partial charge < -0.3 is 4.74 Å². The first-order chi connectivity index (χ1) is 13.1. The van der Waals surface area contributed by atoms with Crippen molar-refractivity contribution in [2.24, 2.45) is 21.2 Å². The van der Waals surface area contributed by atoms with Gasteiger partial charge in [-0.1, -0.05) is 37.3 Å². The standard InChI is InChI=1S/C19H19N5O2S/c1-12(2)17(22-21-14-10-8-13(9-11-14)18(25)26-3)23-24-19-20-15-6-4-5-7-16(15)27-19/h4-12H,1-3H3,(H,20,24). The number of methoxy groups -OCH3 is 1. The Morgan fingerprint density at radius 3 is 2.56 bits per heavy atom. The van der Waals surface area contributed by atoms with E-state index in [0.717, 1.165) is 10.2 Å². The molecule has 0 unspecified atom stereocenters. The van der Waals surface area contributed by atoms with Crippen LogP contribution in [0.2, 0.25) is 0 Å². The number of amidine groups is 1. The van der Waals surface area contributed by atoms with Crippen molar-refractivity contribution in [3.8, 4) is 0 Å². The zero-order chi connectivity index (χ0) is 19.2. The average molecular weight is 381 g/mol. The number of para-hydroxylation sites is 1. The predicted octanol–water partition coefficient (Wildman–Crippen LogP) is 5.25. The minimum Gasteiger partial charge on any atom is -0.465 e. The van der Waals surface area contributed by atoms with Crippen LogP contribution in [-0.4, -0.2) is 23.9 Å². The van der Waals surface area contributed by atoms with Crippen LogP contribution in [0.5, 0.6) is 0 Å². The molecule has 0 saturated carbocycles. The summed E-state index contributed by atoms with van der Waals surface area (Å²) >= 11 is 1.53. The number of fused-ring (bicyclic) bond motifs is 1. The normalized spacial score (nSPS) is 12.1. The summed E-state index contributed by atoms with van der Waals surface area (Å²) in [7, 11) is 1.35. The Balaban J connectivity index is 1.73. The number of nitrogens with zero attached hydrogens (tertiary/aromatic N) is 4. The highest BCUT2D eigenvalue weighted by molar-refractivity contribution is 7.22. The highest BCUT2D eigenvalue weighted by Gasteiger charge is 2.07. The van der Waals surface area contributed by atoms with E-state index in [-0.39, 0.29) is 11.9 Å². The van der Waals surface area contributed by atoms with E-state index in [1.54, 1.807) is 24.3 Å². The van der Waals surface area contributed by atoms with Crippen LogP contribution >= 0.6 is 11.3 Å². The average Bonchev–Trinajstić information content (AvgIpc) is 3.10. The Morgan fingerprint density at radius 1 is 1.15 bits per heavy atom. The summed E-state index contributed by atoms with van der Waals surface area (Å²) in [6, 6.07) is 14.6. The molecule has 1 N–H and O–H groups in total. The van der Waals surface area contributed by atoms with Gasteiger partial charge in [0.15, 0.2) is 5.84 Å². The summed E-state index contributed by atoms with van der Waals surface area (Å²) in [4.78, 5) is 15.9. The minimum atomic E-state index is -0.386. The van der Waals surface area contributed by atoms with Gasteiger partial charge in [0, 0.05) is 5.92 Å². The molecule has 0 saturated heterocycles. The molecule has 0 atom stereocenters. The fourth-order valence-corrected chi connectivity index (χ4v) is 2.99. The maximum atomic E-state index is 11.5.